The Morgan fingerprint density at radius 1 is 1.18 bits per heavy atom. The second-order valence-corrected chi connectivity index (χ2v) is 5.89. The number of hydrogen-bond acceptors (Lipinski definition) is 1. The van der Waals surface area contributed by atoms with Crippen LogP contribution in [0.3, 0.4) is 0 Å². The first-order valence-corrected chi connectivity index (χ1v) is 6.15. The summed E-state index contributed by atoms with van der Waals surface area (Å²) in [5.74, 6) is 0.210. The lowest BCUT2D eigenvalue weighted by molar-refractivity contribution is 0.0546. The number of rotatable bonds is 2. The highest BCUT2D eigenvalue weighted by Gasteiger charge is 2.29. The summed E-state index contributed by atoms with van der Waals surface area (Å²) in [5.41, 5.74) is 2.18. The molecule has 0 aliphatic heterocycles. The van der Waals surface area contributed by atoms with Crippen LogP contribution in [0.2, 0.25) is 0 Å². The van der Waals surface area contributed by atoms with Gasteiger partial charge in [0, 0.05) is 22.7 Å². The number of aliphatic hydroxyl groups excluding tert-OH is 1. The Labute approximate surface area is 103 Å². The van der Waals surface area contributed by atoms with Gasteiger partial charge >= 0.3 is 0 Å². The number of nitrogens with one attached hydrogen (secondary N) is 1. The maximum absolute atomic E-state index is 10.5. The fraction of sp³-hybridized carbons (Fsp3) is 0.467. The molecule has 2 unspecified atom stereocenters. The number of H-pyrrole nitrogens is 1. The van der Waals surface area contributed by atoms with Gasteiger partial charge in [0.1, 0.15) is 0 Å². The summed E-state index contributed by atoms with van der Waals surface area (Å²) >= 11 is 0. The largest absolute Gasteiger partial charge is 0.388 e. The van der Waals surface area contributed by atoms with E-state index in [9.17, 15) is 5.11 Å². The topological polar surface area (TPSA) is 36.0 Å². The van der Waals surface area contributed by atoms with Gasteiger partial charge in [0.2, 0.25) is 0 Å². The number of fused-ring (bicyclic) bond motifs is 1. The average molecular weight is 231 g/mol. The van der Waals surface area contributed by atoms with Gasteiger partial charge in [-0.25, -0.2) is 0 Å². The zero-order chi connectivity index (χ0) is 12.6. The molecule has 0 fully saturated rings. The summed E-state index contributed by atoms with van der Waals surface area (Å²) in [7, 11) is 0. The quantitative estimate of drug-likeness (QED) is 0.808. The van der Waals surface area contributed by atoms with Crippen molar-refractivity contribution in [1.82, 2.24) is 4.98 Å². The van der Waals surface area contributed by atoms with Crippen LogP contribution in [0.15, 0.2) is 30.5 Å². The standard InChI is InChI=1S/C15H21NO/c1-10(15(2,3)4)14(17)12-9-16-13-8-6-5-7-11(12)13/h5-10,14,16-17H,1-4H3. The minimum atomic E-state index is -0.425. The number of para-hydroxylation sites is 1. The predicted octanol–water partition coefficient (Wildman–Crippen LogP) is 3.88. The Kier molecular flexibility index (Phi) is 3.00. The third kappa shape index (κ3) is 2.22. The molecule has 0 saturated heterocycles. The molecule has 2 aromatic rings. The normalized spacial score (nSPS) is 16.1. The highest BCUT2D eigenvalue weighted by Crippen LogP contribution is 2.38. The van der Waals surface area contributed by atoms with E-state index < -0.39 is 6.10 Å². The molecular formula is C15H21NO. The van der Waals surface area contributed by atoms with Crippen molar-refractivity contribution < 1.29 is 5.11 Å². The van der Waals surface area contributed by atoms with Crippen molar-refractivity contribution in [2.24, 2.45) is 11.3 Å². The molecule has 2 N–H and O–H groups in total. The van der Waals surface area contributed by atoms with E-state index in [-0.39, 0.29) is 11.3 Å². The van der Waals surface area contributed by atoms with E-state index in [0.717, 1.165) is 16.5 Å². The molecule has 0 saturated carbocycles. The maximum atomic E-state index is 10.5. The van der Waals surface area contributed by atoms with Crippen molar-refractivity contribution in [3.8, 4) is 0 Å². The third-order valence-electron chi connectivity index (χ3n) is 3.78. The van der Waals surface area contributed by atoms with Crippen molar-refractivity contribution in [2.75, 3.05) is 0 Å². The second-order valence-electron chi connectivity index (χ2n) is 5.89. The van der Waals surface area contributed by atoms with Crippen molar-refractivity contribution in [3.63, 3.8) is 0 Å². The van der Waals surface area contributed by atoms with Gasteiger partial charge in [-0.3, -0.25) is 0 Å². The first-order valence-electron chi connectivity index (χ1n) is 6.15. The summed E-state index contributed by atoms with van der Waals surface area (Å²) in [4.78, 5) is 3.22. The van der Waals surface area contributed by atoms with Crippen molar-refractivity contribution >= 4 is 10.9 Å². The highest BCUT2D eigenvalue weighted by atomic mass is 16.3. The Bertz CT molecular complexity index is 507. The van der Waals surface area contributed by atoms with Crippen LogP contribution in [0.5, 0.6) is 0 Å². The minimum Gasteiger partial charge on any atom is -0.388 e. The number of aromatic nitrogens is 1. The average Bonchev–Trinajstić information content (AvgIpc) is 2.69. The molecule has 2 rings (SSSR count). The summed E-state index contributed by atoms with van der Waals surface area (Å²) < 4.78 is 0. The van der Waals surface area contributed by atoms with E-state index in [0.29, 0.717) is 0 Å². The fourth-order valence-electron chi connectivity index (χ4n) is 2.08. The van der Waals surface area contributed by atoms with Crippen LogP contribution in [0.1, 0.15) is 39.4 Å². The SMILES string of the molecule is CC(C(O)c1c[nH]c2ccccc12)C(C)(C)C. The molecule has 0 radical (unpaired) electrons. The molecule has 2 nitrogen and oxygen atoms in total. The van der Waals surface area contributed by atoms with Crippen molar-refractivity contribution in [1.29, 1.82) is 0 Å². The van der Waals surface area contributed by atoms with Gasteiger partial charge in [-0.1, -0.05) is 45.9 Å². The monoisotopic (exact) mass is 231 g/mol. The minimum absolute atomic E-state index is 0.0950. The third-order valence-corrected chi connectivity index (χ3v) is 3.78. The van der Waals surface area contributed by atoms with Crippen molar-refractivity contribution in [2.45, 2.75) is 33.8 Å². The Hall–Kier alpha value is -1.28. The van der Waals surface area contributed by atoms with E-state index in [1.807, 2.05) is 24.4 Å². The van der Waals surface area contributed by atoms with E-state index in [2.05, 4.69) is 38.7 Å². The number of aromatic amines is 1. The summed E-state index contributed by atoms with van der Waals surface area (Å²) in [6.45, 7) is 8.59. The van der Waals surface area contributed by atoms with Crippen molar-refractivity contribution in [3.05, 3.63) is 36.0 Å². The fourth-order valence-corrected chi connectivity index (χ4v) is 2.08. The van der Waals surface area contributed by atoms with Gasteiger partial charge in [-0.2, -0.15) is 0 Å². The van der Waals surface area contributed by atoms with Gasteiger partial charge in [-0.15, -0.1) is 0 Å². The first-order chi connectivity index (χ1) is 7.91. The molecule has 1 aromatic heterocycles. The van der Waals surface area contributed by atoms with Crippen LogP contribution >= 0.6 is 0 Å². The molecule has 2 atom stereocenters. The van der Waals surface area contributed by atoms with E-state index in [1.165, 1.54) is 0 Å². The molecule has 17 heavy (non-hydrogen) atoms. The summed E-state index contributed by atoms with van der Waals surface area (Å²) in [5, 5.41) is 11.6. The number of aliphatic hydroxyl groups is 1. The number of benzene rings is 1. The molecule has 1 heterocycles. The van der Waals surface area contributed by atoms with Crippen LogP contribution in [0.25, 0.3) is 10.9 Å². The molecule has 0 bridgehead atoms. The molecule has 0 amide bonds. The zero-order valence-corrected chi connectivity index (χ0v) is 11.0. The lowest BCUT2D eigenvalue weighted by atomic mass is 9.77. The summed E-state index contributed by atoms with van der Waals surface area (Å²) in [6, 6.07) is 8.10. The van der Waals surface area contributed by atoms with Gasteiger partial charge in [0.05, 0.1) is 6.10 Å². The molecule has 2 heteroatoms. The van der Waals surface area contributed by atoms with Crippen LogP contribution < -0.4 is 0 Å². The zero-order valence-electron chi connectivity index (χ0n) is 11.0. The van der Waals surface area contributed by atoms with Crippen LogP contribution in [0, 0.1) is 11.3 Å². The number of hydrogen-bond donors (Lipinski definition) is 2. The lowest BCUT2D eigenvalue weighted by Crippen LogP contribution is -2.23. The van der Waals surface area contributed by atoms with Crippen LogP contribution in [-0.2, 0) is 0 Å². The molecule has 92 valence electrons. The van der Waals surface area contributed by atoms with E-state index >= 15 is 0 Å². The highest BCUT2D eigenvalue weighted by molar-refractivity contribution is 5.83. The lowest BCUT2D eigenvalue weighted by Gasteiger charge is -2.31. The molecule has 0 aliphatic carbocycles. The first kappa shape index (κ1) is 12.2. The molecule has 0 spiro atoms. The molecule has 0 aliphatic rings. The predicted molar refractivity (Wildman–Crippen MR) is 71.9 cm³/mol. The van der Waals surface area contributed by atoms with Gasteiger partial charge < -0.3 is 10.1 Å². The smallest absolute Gasteiger partial charge is 0.0841 e. The second kappa shape index (κ2) is 4.19. The Morgan fingerprint density at radius 3 is 2.47 bits per heavy atom. The van der Waals surface area contributed by atoms with Gasteiger partial charge in [0.25, 0.3) is 0 Å². The Balaban J connectivity index is 2.40. The van der Waals surface area contributed by atoms with Gasteiger partial charge in [-0.05, 0) is 17.4 Å². The van der Waals surface area contributed by atoms with E-state index in [4.69, 9.17) is 0 Å². The Morgan fingerprint density at radius 2 is 1.82 bits per heavy atom. The van der Waals surface area contributed by atoms with Gasteiger partial charge in [0.15, 0.2) is 0 Å². The molecule has 1 aromatic carbocycles. The summed E-state index contributed by atoms with van der Waals surface area (Å²) in [6.07, 6.45) is 1.50. The van der Waals surface area contributed by atoms with Crippen LogP contribution in [-0.4, -0.2) is 10.1 Å². The maximum Gasteiger partial charge on any atom is 0.0841 e. The molecular weight excluding hydrogens is 210 g/mol. The van der Waals surface area contributed by atoms with Crippen LogP contribution in [0.4, 0.5) is 0 Å². The van der Waals surface area contributed by atoms with E-state index in [1.54, 1.807) is 0 Å².